The molecule has 2 N–H and O–H groups in total. The fourth-order valence-electron chi connectivity index (χ4n) is 0.689. The number of methoxy groups -OCH3 is 1. The lowest BCUT2D eigenvalue weighted by molar-refractivity contribution is -0.104. The SMILES string of the molecule is COC(O)NC1(C)CC1. The summed E-state index contributed by atoms with van der Waals surface area (Å²) in [5, 5.41) is 11.8. The third-order valence-corrected chi connectivity index (χ3v) is 1.70. The largest absolute Gasteiger partial charge is 0.356 e. The van der Waals surface area contributed by atoms with Gasteiger partial charge in [-0.25, -0.2) is 0 Å². The summed E-state index contributed by atoms with van der Waals surface area (Å²) in [5.41, 5.74) is 0.148. The van der Waals surface area contributed by atoms with E-state index in [0.29, 0.717) is 0 Å². The second-order valence-electron chi connectivity index (χ2n) is 2.79. The Labute approximate surface area is 55.0 Å². The van der Waals surface area contributed by atoms with Gasteiger partial charge < -0.3 is 9.84 Å². The molecule has 0 aliphatic heterocycles. The number of nitrogens with one attached hydrogen (secondary N) is 1. The van der Waals surface area contributed by atoms with E-state index in [4.69, 9.17) is 5.11 Å². The number of ether oxygens (including phenoxy) is 1. The minimum Gasteiger partial charge on any atom is -0.356 e. The molecule has 0 aromatic heterocycles. The average Bonchev–Trinajstić information content (AvgIpc) is 2.48. The van der Waals surface area contributed by atoms with Gasteiger partial charge >= 0.3 is 0 Å². The van der Waals surface area contributed by atoms with Crippen molar-refractivity contribution >= 4 is 0 Å². The first-order valence-corrected chi connectivity index (χ1v) is 3.15. The maximum absolute atomic E-state index is 8.90. The van der Waals surface area contributed by atoms with Crippen molar-refractivity contribution in [3.05, 3.63) is 0 Å². The minimum absolute atomic E-state index is 0.148. The number of hydrogen-bond donors (Lipinski definition) is 2. The van der Waals surface area contributed by atoms with Crippen LogP contribution in [0, 0.1) is 0 Å². The molecule has 1 aliphatic rings. The lowest BCUT2D eigenvalue weighted by Gasteiger charge is -2.15. The van der Waals surface area contributed by atoms with E-state index in [1.54, 1.807) is 0 Å². The van der Waals surface area contributed by atoms with Crippen LogP contribution in [0.3, 0.4) is 0 Å². The summed E-state index contributed by atoms with van der Waals surface area (Å²) in [6, 6.07) is 0. The molecular weight excluding hydrogens is 118 g/mol. The van der Waals surface area contributed by atoms with Gasteiger partial charge in [-0.2, -0.15) is 0 Å². The van der Waals surface area contributed by atoms with Crippen LogP contribution in [0.25, 0.3) is 0 Å². The second kappa shape index (κ2) is 2.25. The fraction of sp³-hybridized carbons (Fsp3) is 1.00. The number of aliphatic hydroxyl groups excluding tert-OH is 1. The molecule has 0 bridgehead atoms. The van der Waals surface area contributed by atoms with E-state index in [-0.39, 0.29) is 5.54 Å². The zero-order valence-corrected chi connectivity index (χ0v) is 5.85. The first kappa shape index (κ1) is 6.99. The molecule has 9 heavy (non-hydrogen) atoms. The van der Waals surface area contributed by atoms with Crippen LogP contribution in [0.15, 0.2) is 0 Å². The van der Waals surface area contributed by atoms with Crippen molar-refractivity contribution in [3.63, 3.8) is 0 Å². The molecule has 0 saturated heterocycles. The Kier molecular flexibility index (Phi) is 1.75. The van der Waals surface area contributed by atoms with E-state index >= 15 is 0 Å². The summed E-state index contributed by atoms with van der Waals surface area (Å²) < 4.78 is 4.61. The molecular formula is C6H13NO2. The third kappa shape index (κ3) is 1.93. The number of rotatable bonds is 3. The van der Waals surface area contributed by atoms with Crippen molar-refractivity contribution in [1.29, 1.82) is 0 Å². The van der Waals surface area contributed by atoms with Crippen molar-refractivity contribution in [2.24, 2.45) is 0 Å². The molecule has 3 nitrogen and oxygen atoms in total. The average molecular weight is 131 g/mol. The van der Waals surface area contributed by atoms with Crippen LogP contribution in [-0.2, 0) is 4.74 Å². The highest BCUT2D eigenvalue weighted by Crippen LogP contribution is 2.34. The Morgan fingerprint density at radius 1 is 1.67 bits per heavy atom. The topological polar surface area (TPSA) is 41.5 Å². The summed E-state index contributed by atoms with van der Waals surface area (Å²) in [5.74, 6) is 0. The molecule has 1 aliphatic carbocycles. The lowest BCUT2D eigenvalue weighted by atomic mass is 10.3. The van der Waals surface area contributed by atoms with Gasteiger partial charge in [-0.15, -0.1) is 0 Å². The third-order valence-electron chi connectivity index (χ3n) is 1.70. The molecule has 3 heteroatoms. The van der Waals surface area contributed by atoms with Crippen molar-refractivity contribution in [2.75, 3.05) is 7.11 Å². The molecule has 1 saturated carbocycles. The molecule has 0 heterocycles. The van der Waals surface area contributed by atoms with Gasteiger partial charge in [0.05, 0.1) is 0 Å². The van der Waals surface area contributed by atoms with Gasteiger partial charge in [0.15, 0.2) is 0 Å². The van der Waals surface area contributed by atoms with Crippen LogP contribution in [-0.4, -0.2) is 24.2 Å². The van der Waals surface area contributed by atoms with Crippen LogP contribution in [0.1, 0.15) is 19.8 Å². The molecule has 1 rings (SSSR count). The normalized spacial score (nSPS) is 25.7. The summed E-state index contributed by atoms with van der Waals surface area (Å²) >= 11 is 0. The van der Waals surface area contributed by atoms with Crippen LogP contribution in [0.2, 0.25) is 0 Å². The first-order valence-electron chi connectivity index (χ1n) is 3.15. The highest BCUT2D eigenvalue weighted by molar-refractivity contribution is 4.96. The quantitative estimate of drug-likeness (QED) is 0.532. The van der Waals surface area contributed by atoms with Crippen molar-refractivity contribution in [3.8, 4) is 0 Å². The predicted molar refractivity (Wildman–Crippen MR) is 33.8 cm³/mol. The molecule has 1 unspecified atom stereocenters. The van der Waals surface area contributed by atoms with E-state index < -0.39 is 6.41 Å². The monoisotopic (exact) mass is 131 g/mol. The molecule has 1 fully saturated rings. The standard InChI is InChI=1S/C6H13NO2/c1-6(3-4-6)7-5(8)9-2/h5,7-8H,3-4H2,1-2H3. The van der Waals surface area contributed by atoms with Crippen molar-refractivity contribution < 1.29 is 9.84 Å². The summed E-state index contributed by atoms with van der Waals surface area (Å²) in [6.45, 7) is 2.06. The van der Waals surface area contributed by atoms with Crippen LogP contribution >= 0.6 is 0 Å². The van der Waals surface area contributed by atoms with E-state index in [2.05, 4.69) is 17.0 Å². The Morgan fingerprint density at radius 2 is 2.22 bits per heavy atom. The van der Waals surface area contributed by atoms with Gasteiger partial charge in [-0.1, -0.05) is 0 Å². The van der Waals surface area contributed by atoms with Gasteiger partial charge in [-0.3, -0.25) is 5.32 Å². The smallest absolute Gasteiger partial charge is 0.213 e. The summed E-state index contributed by atoms with van der Waals surface area (Å²) in [6.07, 6.45) is 1.47. The van der Waals surface area contributed by atoms with E-state index in [0.717, 1.165) is 12.8 Å². The van der Waals surface area contributed by atoms with Crippen LogP contribution < -0.4 is 5.32 Å². The van der Waals surface area contributed by atoms with Gasteiger partial charge in [0.2, 0.25) is 6.41 Å². The highest BCUT2D eigenvalue weighted by Gasteiger charge is 2.38. The zero-order chi connectivity index (χ0) is 6.91. The second-order valence-corrected chi connectivity index (χ2v) is 2.79. The molecule has 0 aromatic carbocycles. The molecule has 1 atom stereocenters. The van der Waals surface area contributed by atoms with Gasteiger partial charge in [0, 0.05) is 12.6 Å². The van der Waals surface area contributed by atoms with E-state index in [9.17, 15) is 0 Å². The fourth-order valence-corrected chi connectivity index (χ4v) is 0.689. The predicted octanol–water partition coefficient (Wildman–Crippen LogP) is 0.0508. The Hall–Kier alpha value is -0.120. The molecule has 54 valence electrons. The maximum atomic E-state index is 8.90. The molecule has 0 amide bonds. The maximum Gasteiger partial charge on any atom is 0.213 e. The van der Waals surface area contributed by atoms with Crippen molar-refractivity contribution in [1.82, 2.24) is 5.32 Å². The van der Waals surface area contributed by atoms with Gasteiger partial charge in [0.25, 0.3) is 0 Å². The Bertz CT molecular complexity index is 101. The number of aliphatic hydroxyl groups is 1. The van der Waals surface area contributed by atoms with Crippen LogP contribution in [0.5, 0.6) is 0 Å². The van der Waals surface area contributed by atoms with E-state index in [1.165, 1.54) is 7.11 Å². The molecule has 0 radical (unpaired) electrons. The molecule has 0 aromatic rings. The summed E-state index contributed by atoms with van der Waals surface area (Å²) in [4.78, 5) is 0. The first-order chi connectivity index (χ1) is 4.16. The Balaban J connectivity index is 2.17. The van der Waals surface area contributed by atoms with Gasteiger partial charge in [-0.05, 0) is 19.8 Å². The number of hydrogen-bond acceptors (Lipinski definition) is 3. The Morgan fingerprint density at radius 3 is 2.56 bits per heavy atom. The zero-order valence-electron chi connectivity index (χ0n) is 5.85. The highest BCUT2D eigenvalue weighted by atomic mass is 16.6. The van der Waals surface area contributed by atoms with Gasteiger partial charge in [0.1, 0.15) is 0 Å². The summed E-state index contributed by atoms with van der Waals surface area (Å²) in [7, 11) is 1.48. The van der Waals surface area contributed by atoms with E-state index in [1.807, 2.05) is 0 Å². The van der Waals surface area contributed by atoms with Crippen molar-refractivity contribution in [2.45, 2.75) is 31.7 Å². The lowest BCUT2D eigenvalue weighted by Crippen LogP contribution is -2.39. The van der Waals surface area contributed by atoms with Crippen LogP contribution in [0.4, 0.5) is 0 Å². The molecule has 0 spiro atoms. The minimum atomic E-state index is -0.794.